The third-order valence-electron chi connectivity index (χ3n) is 2.55. The van der Waals surface area contributed by atoms with Crippen LogP contribution in [0.2, 0.25) is 0 Å². The van der Waals surface area contributed by atoms with Crippen LogP contribution in [0.5, 0.6) is 0 Å². The monoisotopic (exact) mass is 234 g/mol. The highest BCUT2D eigenvalue weighted by atomic mass is 16.5. The molecule has 0 aromatic heterocycles. The summed E-state index contributed by atoms with van der Waals surface area (Å²) in [5.41, 5.74) is 2.49. The van der Waals surface area contributed by atoms with Crippen LogP contribution >= 0.6 is 0 Å². The Balaban J connectivity index is 2.29. The molecule has 0 heterocycles. The lowest BCUT2D eigenvalue weighted by Crippen LogP contribution is -2.00. The predicted octanol–water partition coefficient (Wildman–Crippen LogP) is 3.31. The Bertz CT molecular complexity index is 317. The van der Waals surface area contributed by atoms with Gasteiger partial charge in [0.1, 0.15) is 0 Å². The van der Waals surface area contributed by atoms with Crippen molar-refractivity contribution < 1.29 is 9.84 Å². The quantitative estimate of drug-likeness (QED) is 0.699. The fraction of sp³-hybridized carbons (Fsp3) is 0.467. The van der Waals surface area contributed by atoms with Gasteiger partial charge >= 0.3 is 0 Å². The van der Waals surface area contributed by atoms with Crippen molar-refractivity contribution in [2.45, 2.75) is 32.8 Å². The Morgan fingerprint density at radius 3 is 2.71 bits per heavy atom. The number of ether oxygens (including phenoxy) is 1. The number of hydrogen-bond donors (Lipinski definition) is 1. The number of aliphatic hydroxyl groups excluding tert-OH is 1. The molecule has 0 saturated carbocycles. The molecule has 0 unspecified atom stereocenters. The van der Waals surface area contributed by atoms with Crippen molar-refractivity contribution in [1.29, 1.82) is 0 Å². The van der Waals surface area contributed by atoms with Gasteiger partial charge in [0.15, 0.2) is 0 Å². The molecule has 1 aromatic rings. The minimum absolute atomic E-state index is 0.250. The molecule has 2 heteroatoms. The first-order valence-electron chi connectivity index (χ1n) is 6.27. The molecule has 2 nitrogen and oxygen atoms in total. The largest absolute Gasteiger partial charge is 0.396 e. The van der Waals surface area contributed by atoms with Gasteiger partial charge in [0.2, 0.25) is 0 Å². The van der Waals surface area contributed by atoms with Crippen molar-refractivity contribution in [3.05, 3.63) is 47.5 Å². The Labute approximate surface area is 104 Å². The second-order valence-corrected chi connectivity index (χ2v) is 4.08. The van der Waals surface area contributed by atoms with Crippen molar-refractivity contribution in [2.75, 3.05) is 13.2 Å². The van der Waals surface area contributed by atoms with Gasteiger partial charge < -0.3 is 9.84 Å². The second kappa shape index (κ2) is 8.97. The van der Waals surface area contributed by atoms with Gasteiger partial charge in [-0.25, -0.2) is 0 Å². The van der Waals surface area contributed by atoms with Crippen LogP contribution in [-0.2, 0) is 11.3 Å². The van der Waals surface area contributed by atoms with Crippen LogP contribution in [0.25, 0.3) is 0 Å². The maximum Gasteiger partial charge on any atom is 0.0721 e. The molecule has 1 rings (SSSR count). The van der Waals surface area contributed by atoms with Gasteiger partial charge in [-0.2, -0.15) is 0 Å². The van der Waals surface area contributed by atoms with Crippen molar-refractivity contribution in [3.8, 4) is 0 Å². The highest BCUT2D eigenvalue weighted by molar-refractivity contribution is 5.13. The van der Waals surface area contributed by atoms with Gasteiger partial charge in [-0.3, -0.25) is 0 Å². The SMILES string of the molecule is CC/C=C(\CCCO)COCc1ccccc1. The summed E-state index contributed by atoms with van der Waals surface area (Å²) >= 11 is 0. The van der Waals surface area contributed by atoms with Crippen molar-refractivity contribution in [1.82, 2.24) is 0 Å². The van der Waals surface area contributed by atoms with E-state index in [1.54, 1.807) is 0 Å². The summed E-state index contributed by atoms with van der Waals surface area (Å²) < 4.78 is 5.68. The topological polar surface area (TPSA) is 29.5 Å². The van der Waals surface area contributed by atoms with E-state index in [1.165, 1.54) is 11.1 Å². The molecular formula is C15H22O2. The lowest BCUT2D eigenvalue weighted by atomic mass is 10.1. The molecule has 17 heavy (non-hydrogen) atoms. The zero-order chi connectivity index (χ0) is 12.3. The summed E-state index contributed by atoms with van der Waals surface area (Å²) in [6.07, 6.45) is 4.97. The molecule has 0 saturated heterocycles. The van der Waals surface area contributed by atoms with E-state index in [-0.39, 0.29) is 6.61 Å². The van der Waals surface area contributed by atoms with Crippen LogP contribution in [-0.4, -0.2) is 18.3 Å². The normalized spacial score (nSPS) is 11.8. The standard InChI is InChI=1S/C15H22O2/c1-2-7-14(10-6-11-16)12-17-13-15-8-4-3-5-9-15/h3-5,7-9,16H,2,6,10-13H2,1H3/b14-7+. The molecule has 94 valence electrons. The maximum absolute atomic E-state index is 8.82. The molecule has 0 radical (unpaired) electrons. The zero-order valence-corrected chi connectivity index (χ0v) is 10.6. The average molecular weight is 234 g/mol. The van der Waals surface area contributed by atoms with Crippen molar-refractivity contribution >= 4 is 0 Å². The summed E-state index contributed by atoms with van der Waals surface area (Å²) in [5, 5.41) is 8.82. The third-order valence-corrected chi connectivity index (χ3v) is 2.55. The zero-order valence-electron chi connectivity index (χ0n) is 10.6. The third kappa shape index (κ3) is 6.25. The molecular weight excluding hydrogens is 212 g/mol. The molecule has 0 spiro atoms. The second-order valence-electron chi connectivity index (χ2n) is 4.08. The number of aliphatic hydroxyl groups is 1. The van der Waals surface area contributed by atoms with E-state index in [2.05, 4.69) is 25.1 Å². The summed E-state index contributed by atoms with van der Waals surface area (Å²) in [6.45, 7) is 3.69. The van der Waals surface area contributed by atoms with Crippen LogP contribution in [0.15, 0.2) is 42.0 Å². The molecule has 1 N–H and O–H groups in total. The first-order chi connectivity index (χ1) is 8.36. The summed E-state index contributed by atoms with van der Waals surface area (Å²) in [4.78, 5) is 0. The number of rotatable bonds is 8. The molecule has 0 aliphatic rings. The van der Waals surface area contributed by atoms with Gasteiger partial charge in [-0.15, -0.1) is 0 Å². The van der Waals surface area contributed by atoms with Gasteiger partial charge in [-0.05, 0) is 30.4 Å². The Hall–Kier alpha value is -1.12. The van der Waals surface area contributed by atoms with E-state index < -0.39 is 0 Å². The smallest absolute Gasteiger partial charge is 0.0721 e. The van der Waals surface area contributed by atoms with E-state index in [1.807, 2.05) is 18.2 Å². The van der Waals surface area contributed by atoms with Crippen molar-refractivity contribution in [2.24, 2.45) is 0 Å². The van der Waals surface area contributed by atoms with Crippen LogP contribution in [0.4, 0.5) is 0 Å². The molecule has 0 atom stereocenters. The van der Waals surface area contributed by atoms with Gasteiger partial charge in [0.25, 0.3) is 0 Å². The molecule has 0 amide bonds. The fourth-order valence-electron chi connectivity index (χ4n) is 1.70. The Kier molecular flexibility index (Phi) is 7.35. The molecule has 0 bridgehead atoms. The van der Waals surface area contributed by atoms with Gasteiger partial charge in [-0.1, -0.05) is 43.3 Å². The van der Waals surface area contributed by atoms with Crippen LogP contribution < -0.4 is 0 Å². The van der Waals surface area contributed by atoms with E-state index >= 15 is 0 Å². The number of allylic oxidation sites excluding steroid dienone is 1. The lowest BCUT2D eigenvalue weighted by Gasteiger charge is -2.08. The molecule has 0 fully saturated rings. The predicted molar refractivity (Wildman–Crippen MR) is 70.8 cm³/mol. The molecule has 0 aliphatic carbocycles. The lowest BCUT2D eigenvalue weighted by molar-refractivity contribution is 0.139. The highest BCUT2D eigenvalue weighted by Gasteiger charge is 1.98. The highest BCUT2D eigenvalue weighted by Crippen LogP contribution is 2.09. The maximum atomic E-state index is 8.82. The summed E-state index contributed by atoms with van der Waals surface area (Å²) in [5.74, 6) is 0. The minimum atomic E-state index is 0.250. The van der Waals surface area contributed by atoms with E-state index in [4.69, 9.17) is 9.84 Å². The van der Waals surface area contributed by atoms with Crippen LogP contribution in [0.1, 0.15) is 31.7 Å². The minimum Gasteiger partial charge on any atom is -0.396 e. The first-order valence-corrected chi connectivity index (χ1v) is 6.27. The van der Waals surface area contributed by atoms with E-state index in [0.29, 0.717) is 13.2 Å². The average Bonchev–Trinajstić information content (AvgIpc) is 2.37. The number of hydrogen-bond acceptors (Lipinski definition) is 2. The van der Waals surface area contributed by atoms with E-state index in [9.17, 15) is 0 Å². The Morgan fingerprint density at radius 2 is 2.06 bits per heavy atom. The van der Waals surface area contributed by atoms with Crippen LogP contribution in [0.3, 0.4) is 0 Å². The summed E-state index contributed by atoms with van der Waals surface area (Å²) in [6, 6.07) is 10.2. The Morgan fingerprint density at radius 1 is 1.29 bits per heavy atom. The summed E-state index contributed by atoms with van der Waals surface area (Å²) in [7, 11) is 0. The first kappa shape index (κ1) is 13.9. The van der Waals surface area contributed by atoms with E-state index in [0.717, 1.165) is 19.3 Å². The molecule has 0 aliphatic heterocycles. The number of benzene rings is 1. The van der Waals surface area contributed by atoms with Gasteiger partial charge in [0, 0.05) is 6.61 Å². The van der Waals surface area contributed by atoms with Crippen LogP contribution in [0, 0.1) is 0 Å². The molecule has 1 aromatic carbocycles. The van der Waals surface area contributed by atoms with Crippen molar-refractivity contribution in [3.63, 3.8) is 0 Å². The fourth-order valence-corrected chi connectivity index (χ4v) is 1.70. The van der Waals surface area contributed by atoms with Gasteiger partial charge in [0.05, 0.1) is 13.2 Å².